The molecule has 0 saturated carbocycles. The molecule has 0 aliphatic carbocycles. The molecule has 2 heterocycles. The molecule has 0 aromatic rings. The largest absolute Gasteiger partial charge is 0.490 e. The van der Waals surface area contributed by atoms with Crippen LogP contribution in [0.1, 0.15) is 0 Å². The Morgan fingerprint density at radius 2 is 1.36 bits per heavy atom. The highest BCUT2D eigenvalue weighted by Crippen LogP contribution is 2.21. The smallest absolute Gasteiger partial charge is 0.475 e. The van der Waals surface area contributed by atoms with Crippen molar-refractivity contribution in [3.8, 4) is 0 Å². The Balaban J connectivity index is 0.000000303. The molecule has 2 fully saturated rings. The second-order valence-corrected chi connectivity index (χ2v) is 4.60. The van der Waals surface area contributed by atoms with E-state index >= 15 is 0 Å². The molecule has 0 spiro atoms. The number of likely N-dealkylation sites (N-methyl/N-ethyl adjacent to an activating group) is 1. The van der Waals surface area contributed by atoms with Gasteiger partial charge in [0.05, 0.1) is 0 Å². The van der Waals surface area contributed by atoms with Gasteiger partial charge in [0, 0.05) is 31.6 Å². The van der Waals surface area contributed by atoms with Crippen LogP contribution >= 0.6 is 0 Å². The lowest BCUT2D eigenvalue weighted by Crippen LogP contribution is -2.51. The Kier molecular flexibility index (Phi) is 7.09. The second-order valence-electron chi connectivity index (χ2n) is 4.60. The van der Waals surface area contributed by atoms with Crippen molar-refractivity contribution in [2.45, 2.75) is 18.4 Å². The van der Waals surface area contributed by atoms with Crippen LogP contribution in [0.3, 0.4) is 0 Å². The number of carbonyl (C=O) groups is 2. The van der Waals surface area contributed by atoms with Gasteiger partial charge in [0.1, 0.15) is 0 Å². The predicted molar refractivity (Wildman–Crippen MR) is 60.2 cm³/mol. The first-order valence-electron chi connectivity index (χ1n) is 5.77. The number of hydrogen-bond acceptors (Lipinski definition) is 4. The molecular formula is C10H14F6N2O4. The molecule has 0 aromatic heterocycles. The summed E-state index contributed by atoms with van der Waals surface area (Å²) in [6.45, 7) is 3.84. The summed E-state index contributed by atoms with van der Waals surface area (Å²) in [7, 11) is 2.19. The molecule has 0 aromatic carbocycles. The van der Waals surface area contributed by atoms with Gasteiger partial charge >= 0.3 is 24.3 Å². The van der Waals surface area contributed by atoms with Gasteiger partial charge in [-0.15, -0.1) is 0 Å². The van der Waals surface area contributed by atoms with Gasteiger partial charge in [0.25, 0.3) is 0 Å². The van der Waals surface area contributed by atoms with Gasteiger partial charge in [0.15, 0.2) is 0 Å². The van der Waals surface area contributed by atoms with Crippen LogP contribution in [0.25, 0.3) is 0 Å². The first-order valence-corrected chi connectivity index (χ1v) is 5.77. The number of carboxylic acids is 2. The van der Waals surface area contributed by atoms with Crippen molar-refractivity contribution < 1.29 is 46.1 Å². The van der Waals surface area contributed by atoms with Crippen molar-refractivity contribution in [1.82, 2.24) is 10.2 Å². The SMILES string of the molecule is CN1CC2CNC2C1.O=C(O)C(F)(F)F.O=C(O)C(F)(F)F. The number of likely N-dealkylation sites (tertiary alicyclic amines) is 1. The quantitative estimate of drug-likeness (QED) is 0.565. The Labute approximate surface area is 120 Å². The number of alkyl halides is 6. The molecule has 0 bridgehead atoms. The molecule has 2 aliphatic rings. The maximum atomic E-state index is 10.6. The number of halogens is 6. The van der Waals surface area contributed by atoms with Gasteiger partial charge in [0.2, 0.25) is 0 Å². The third kappa shape index (κ3) is 7.45. The summed E-state index contributed by atoms with van der Waals surface area (Å²) in [5, 5.41) is 17.6. The van der Waals surface area contributed by atoms with Crippen LogP contribution < -0.4 is 5.32 Å². The Morgan fingerprint density at radius 3 is 1.45 bits per heavy atom. The van der Waals surface area contributed by atoms with Crippen LogP contribution in [-0.4, -0.2) is 72.1 Å². The van der Waals surface area contributed by atoms with E-state index in [4.69, 9.17) is 19.8 Å². The number of nitrogens with zero attached hydrogens (tertiary/aromatic N) is 1. The van der Waals surface area contributed by atoms with Crippen LogP contribution in [-0.2, 0) is 9.59 Å². The van der Waals surface area contributed by atoms with Crippen molar-refractivity contribution in [2.24, 2.45) is 5.92 Å². The number of rotatable bonds is 0. The summed E-state index contributed by atoms with van der Waals surface area (Å²) < 4.78 is 63.5. The molecule has 2 saturated heterocycles. The van der Waals surface area contributed by atoms with E-state index in [0.717, 1.165) is 12.0 Å². The van der Waals surface area contributed by atoms with Crippen LogP contribution in [0.5, 0.6) is 0 Å². The minimum Gasteiger partial charge on any atom is -0.475 e. The lowest BCUT2D eigenvalue weighted by atomic mass is 9.96. The fourth-order valence-corrected chi connectivity index (χ4v) is 1.67. The fraction of sp³-hybridized carbons (Fsp3) is 0.800. The molecule has 12 heteroatoms. The van der Waals surface area contributed by atoms with Crippen molar-refractivity contribution in [3.63, 3.8) is 0 Å². The number of aliphatic carboxylic acids is 2. The maximum Gasteiger partial charge on any atom is 0.490 e. The van der Waals surface area contributed by atoms with Crippen molar-refractivity contribution in [3.05, 3.63) is 0 Å². The van der Waals surface area contributed by atoms with E-state index in [2.05, 4.69) is 17.3 Å². The number of carboxylic acid groups (broad SMARTS) is 2. The minimum absolute atomic E-state index is 0.847. The van der Waals surface area contributed by atoms with E-state index in [1.165, 1.54) is 19.6 Å². The highest BCUT2D eigenvalue weighted by atomic mass is 19.4. The van der Waals surface area contributed by atoms with E-state index in [1.54, 1.807) is 0 Å². The summed E-state index contributed by atoms with van der Waals surface area (Å²) in [5.41, 5.74) is 0. The van der Waals surface area contributed by atoms with E-state index in [9.17, 15) is 26.3 Å². The third-order valence-electron chi connectivity index (χ3n) is 2.75. The molecule has 0 amide bonds. The average Bonchev–Trinajstić information content (AvgIpc) is 2.54. The molecule has 2 aliphatic heterocycles. The van der Waals surface area contributed by atoms with Gasteiger partial charge in [-0.1, -0.05) is 0 Å². The zero-order chi connectivity index (χ0) is 17.7. The molecule has 6 nitrogen and oxygen atoms in total. The van der Waals surface area contributed by atoms with Crippen molar-refractivity contribution in [1.29, 1.82) is 0 Å². The fourth-order valence-electron chi connectivity index (χ4n) is 1.67. The maximum absolute atomic E-state index is 10.6. The Morgan fingerprint density at radius 1 is 1.00 bits per heavy atom. The zero-order valence-corrected chi connectivity index (χ0v) is 11.2. The molecule has 3 N–H and O–H groups in total. The number of hydrogen-bond donors (Lipinski definition) is 3. The normalized spacial score (nSPS) is 24.0. The molecule has 2 rings (SSSR count). The van der Waals surface area contributed by atoms with Crippen molar-refractivity contribution in [2.75, 3.05) is 26.7 Å². The zero-order valence-electron chi connectivity index (χ0n) is 11.2. The van der Waals surface area contributed by atoms with Gasteiger partial charge in [-0.05, 0) is 7.05 Å². The van der Waals surface area contributed by atoms with E-state index < -0.39 is 24.3 Å². The first-order chi connectivity index (χ1) is 9.75. The van der Waals surface area contributed by atoms with Crippen LogP contribution in [0.4, 0.5) is 26.3 Å². The van der Waals surface area contributed by atoms with E-state index in [0.29, 0.717) is 0 Å². The minimum atomic E-state index is -5.08. The number of nitrogens with one attached hydrogen (secondary N) is 1. The summed E-state index contributed by atoms with van der Waals surface area (Å²) >= 11 is 0. The molecule has 2 unspecified atom stereocenters. The summed E-state index contributed by atoms with van der Waals surface area (Å²) in [6.07, 6.45) is -10.2. The van der Waals surface area contributed by atoms with Crippen molar-refractivity contribution >= 4 is 11.9 Å². The molecule has 22 heavy (non-hydrogen) atoms. The third-order valence-corrected chi connectivity index (χ3v) is 2.75. The Hall–Kier alpha value is -1.56. The summed E-state index contributed by atoms with van der Waals surface area (Å²) in [4.78, 5) is 20.2. The van der Waals surface area contributed by atoms with Crippen LogP contribution in [0.2, 0.25) is 0 Å². The number of fused-ring (bicyclic) bond motifs is 1. The summed E-state index contributed by atoms with van der Waals surface area (Å²) in [6, 6.07) is 0.847. The lowest BCUT2D eigenvalue weighted by Gasteiger charge is -2.30. The van der Waals surface area contributed by atoms with Crippen LogP contribution in [0.15, 0.2) is 0 Å². The van der Waals surface area contributed by atoms with Gasteiger partial charge in [-0.25, -0.2) is 9.59 Å². The predicted octanol–water partition coefficient (Wildman–Crippen LogP) is 0.786. The topological polar surface area (TPSA) is 89.9 Å². The standard InChI is InChI=1S/C6H12N2.2C2HF3O2/c1-8-3-5-2-7-6(5)4-8;2*3-2(4,5)1(6)7/h5-7H,2-4H2,1H3;2*(H,6,7). The molecule has 130 valence electrons. The highest BCUT2D eigenvalue weighted by molar-refractivity contribution is 5.73. The van der Waals surface area contributed by atoms with E-state index in [1.807, 2.05) is 0 Å². The van der Waals surface area contributed by atoms with Crippen LogP contribution in [0, 0.1) is 5.92 Å². The molecular weight excluding hydrogens is 326 g/mol. The average molecular weight is 340 g/mol. The lowest BCUT2D eigenvalue weighted by molar-refractivity contribution is -0.193. The summed E-state index contributed by atoms with van der Waals surface area (Å²) in [5.74, 6) is -4.53. The highest BCUT2D eigenvalue weighted by Gasteiger charge is 2.39. The molecule has 2 atom stereocenters. The van der Waals surface area contributed by atoms with Gasteiger partial charge in [-0.2, -0.15) is 26.3 Å². The molecule has 0 radical (unpaired) electrons. The second kappa shape index (κ2) is 7.63. The first kappa shape index (κ1) is 20.4. The van der Waals surface area contributed by atoms with E-state index in [-0.39, 0.29) is 0 Å². The Bertz CT molecular complexity index is 362. The van der Waals surface area contributed by atoms with Gasteiger partial charge in [-0.3, -0.25) is 0 Å². The van der Waals surface area contributed by atoms with Gasteiger partial charge < -0.3 is 20.4 Å². The monoisotopic (exact) mass is 340 g/mol.